The van der Waals surface area contributed by atoms with Gasteiger partial charge in [0.05, 0.1) is 12.4 Å². The molecule has 0 aromatic heterocycles. The average molecular weight is 377 g/mol. The molecule has 0 bridgehead atoms. The SMILES string of the molecule is CCCC(CCCCC#CCCCCCCOCOC)OS(C)(=O)=O. The van der Waals surface area contributed by atoms with Gasteiger partial charge in [-0.25, -0.2) is 0 Å². The van der Waals surface area contributed by atoms with E-state index in [-0.39, 0.29) is 6.10 Å². The lowest BCUT2D eigenvalue weighted by Crippen LogP contribution is -2.17. The first kappa shape index (κ1) is 24.4. The van der Waals surface area contributed by atoms with Crippen LogP contribution in [0.1, 0.15) is 77.6 Å². The fourth-order valence-corrected chi connectivity index (χ4v) is 3.17. The molecule has 0 heterocycles. The van der Waals surface area contributed by atoms with E-state index in [1.807, 2.05) is 6.92 Å². The minimum Gasteiger partial charge on any atom is -0.359 e. The van der Waals surface area contributed by atoms with Gasteiger partial charge in [-0.05, 0) is 38.5 Å². The normalized spacial score (nSPS) is 12.6. The molecule has 25 heavy (non-hydrogen) atoms. The molecule has 0 spiro atoms. The number of hydrogen-bond acceptors (Lipinski definition) is 5. The van der Waals surface area contributed by atoms with Crippen molar-refractivity contribution in [3.63, 3.8) is 0 Å². The second-order valence-corrected chi connectivity index (χ2v) is 7.89. The van der Waals surface area contributed by atoms with Crippen LogP contribution >= 0.6 is 0 Å². The zero-order chi connectivity index (χ0) is 18.8. The fraction of sp³-hybridized carbons (Fsp3) is 0.895. The molecule has 148 valence electrons. The Morgan fingerprint density at radius 2 is 1.56 bits per heavy atom. The Balaban J connectivity index is 3.54. The summed E-state index contributed by atoms with van der Waals surface area (Å²) in [6.45, 7) is 3.18. The quantitative estimate of drug-likeness (QED) is 0.174. The highest BCUT2D eigenvalue weighted by Gasteiger charge is 2.13. The molecule has 0 amide bonds. The number of unbranched alkanes of at least 4 members (excludes halogenated alkanes) is 6. The molecule has 1 atom stereocenters. The van der Waals surface area contributed by atoms with Crippen molar-refractivity contribution in [1.82, 2.24) is 0 Å². The van der Waals surface area contributed by atoms with Gasteiger partial charge in [0.25, 0.3) is 10.1 Å². The Morgan fingerprint density at radius 1 is 0.920 bits per heavy atom. The van der Waals surface area contributed by atoms with Gasteiger partial charge >= 0.3 is 0 Å². The Hall–Kier alpha value is -0.610. The predicted molar refractivity (Wildman–Crippen MR) is 102 cm³/mol. The third-order valence-electron chi connectivity index (χ3n) is 3.67. The second kappa shape index (κ2) is 16.8. The van der Waals surface area contributed by atoms with E-state index < -0.39 is 10.1 Å². The summed E-state index contributed by atoms with van der Waals surface area (Å²) < 4.78 is 37.6. The van der Waals surface area contributed by atoms with Crippen LogP contribution in [0.4, 0.5) is 0 Å². The van der Waals surface area contributed by atoms with Gasteiger partial charge in [0.15, 0.2) is 0 Å². The van der Waals surface area contributed by atoms with E-state index in [0.29, 0.717) is 6.79 Å². The van der Waals surface area contributed by atoms with Gasteiger partial charge in [0.2, 0.25) is 0 Å². The van der Waals surface area contributed by atoms with E-state index in [0.717, 1.165) is 70.7 Å². The standard InChI is InChI=1S/C19H36O5S/c1-4-15-19(24-25(3,20)21)16-13-11-9-7-5-6-8-10-12-14-17-23-18-22-2/h19H,4,6,8-18H2,1-3H3. The van der Waals surface area contributed by atoms with Gasteiger partial charge in [0, 0.05) is 26.6 Å². The van der Waals surface area contributed by atoms with Crippen molar-refractivity contribution < 1.29 is 22.1 Å². The molecular weight excluding hydrogens is 340 g/mol. The molecule has 0 aromatic carbocycles. The minimum atomic E-state index is -3.36. The summed E-state index contributed by atoms with van der Waals surface area (Å²) in [6.07, 6.45) is 11.8. The maximum Gasteiger partial charge on any atom is 0.264 e. The van der Waals surface area contributed by atoms with Gasteiger partial charge in [-0.3, -0.25) is 4.18 Å². The lowest BCUT2D eigenvalue weighted by atomic mass is 10.1. The molecule has 0 N–H and O–H groups in total. The molecule has 0 saturated heterocycles. The van der Waals surface area contributed by atoms with Gasteiger partial charge < -0.3 is 9.47 Å². The van der Waals surface area contributed by atoms with Crippen molar-refractivity contribution in [2.75, 3.05) is 26.8 Å². The maximum absolute atomic E-state index is 11.2. The van der Waals surface area contributed by atoms with Gasteiger partial charge in [-0.15, -0.1) is 11.8 Å². The lowest BCUT2D eigenvalue weighted by molar-refractivity contribution is -0.0315. The first-order chi connectivity index (χ1) is 12.0. The highest BCUT2D eigenvalue weighted by atomic mass is 32.2. The van der Waals surface area contributed by atoms with E-state index in [1.54, 1.807) is 7.11 Å². The summed E-state index contributed by atoms with van der Waals surface area (Å²) in [5, 5.41) is 0. The van der Waals surface area contributed by atoms with Crippen LogP contribution in [0.5, 0.6) is 0 Å². The van der Waals surface area contributed by atoms with Crippen LogP contribution in [0.2, 0.25) is 0 Å². The number of rotatable bonds is 16. The summed E-state index contributed by atoms with van der Waals surface area (Å²) in [7, 11) is -1.73. The lowest BCUT2D eigenvalue weighted by Gasteiger charge is -2.14. The number of ether oxygens (including phenoxy) is 2. The first-order valence-electron chi connectivity index (χ1n) is 9.40. The Kier molecular flexibility index (Phi) is 16.4. The summed E-state index contributed by atoms with van der Waals surface area (Å²) >= 11 is 0. The highest BCUT2D eigenvalue weighted by molar-refractivity contribution is 7.86. The van der Waals surface area contributed by atoms with Crippen molar-refractivity contribution in [2.45, 2.75) is 83.7 Å². The molecule has 6 heteroatoms. The van der Waals surface area contributed by atoms with E-state index in [4.69, 9.17) is 13.7 Å². The zero-order valence-corrected chi connectivity index (χ0v) is 17.0. The Labute approximate surface area is 154 Å². The second-order valence-electron chi connectivity index (χ2n) is 6.29. The van der Waals surface area contributed by atoms with Crippen LogP contribution in [0.25, 0.3) is 0 Å². The molecule has 0 aliphatic heterocycles. The Morgan fingerprint density at radius 3 is 2.16 bits per heavy atom. The molecule has 0 aliphatic carbocycles. The molecule has 5 nitrogen and oxygen atoms in total. The number of hydrogen-bond donors (Lipinski definition) is 0. The molecule has 0 aromatic rings. The van der Waals surface area contributed by atoms with Crippen LogP contribution in [-0.4, -0.2) is 41.3 Å². The van der Waals surface area contributed by atoms with Gasteiger partial charge in [-0.2, -0.15) is 8.42 Å². The van der Waals surface area contributed by atoms with Gasteiger partial charge in [-0.1, -0.05) is 26.2 Å². The molecule has 0 saturated carbocycles. The van der Waals surface area contributed by atoms with Crippen LogP contribution in [0, 0.1) is 11.8 Å². The molecule has 0 radical (unpaired) electrons. The van der Waals surface area contributed by atoms with E-state index >= 15 is 0 Å². The summed E-state index contributed by atoms with van der Waals surface area (Å²) in [5.74, 6) is 6.43. The molecule has 0 rings (SSSR count). The van der Waals surface area contributed by atoms with Crippen LogP contribution < -0.4 is 0 Å². The number of methoxy groups -OCH3 is 1. The smallest absolute Gasteiger partial charge is 0.264 e. The molecule has 1 unspecified atom stereocenters. The van der Waals surface area contributed by atoms with Crippen LogP contribution in [0.15, 0.2) is 0 Å². The third kappa shape index (κ3) is 19.6. The van der Waals surface area contributed by atoms with E-state index in [9.17, 15) is 8.42 Å². The topological polar surface area (TPSA) is 61.8 Å². The van der Waals surface area contributed by atoms with Crippen molar-refractivity contribution >= 4 is 10.1 Å². The summed E-state index contributed by atoms with van der Waals surface area (Å²) in [5.41, 5.74) is 0. The minimum absolute atomic E-state index is 0.180. The highest BCUT2D eigenvalue weighted by Crippen LogP contribution is 2.14. The monoisotopic (exact) mass is 376 g/mol. The van der Waals surface area contributed by atoms with Crippen molar-refractivity contribution in [3.8, 4) is 11.8 Å². The Bertz CT molecular complexity index is 450. The van der Waals surface area contributed by atoms with Crippen LogP contribution in [0.3, 0.4) is 0 Å². The third-order valence-corrected chi connectivity index (χ3v) is 4.29. The van der Waals surface area contributed by atoms with Crippen molar-refractivity contribution in [1.29, 1.82) is 0 Å². The van der Waals surface area contributed by atoms with Crippen molar-refractivity contribution in [3.05, 3.63) is 0 Å². The van der Waals surface area contributed by atoms with Crippen molar-refractivity contribution in [2.24, 2.45) is 0 Å². The van der Waals surface area contributed by atoms with Crippen LogP contribution in [-0.2, 0) is 23.8 Å². The first-order valence-corrected chi connectivity index (χ1v) is 11.2. The van der Waals surface area contributed by atoms with Gasteiger partial charge in [0.1, 0.15) is 6.79 Å². The average Bonchev–Trinajstić information content (AvgIpc) is 2.54. The van der Waals surface area contributed by atoms with E-state index in [2.05, 4.69) is 11.8 Å². The largest absolute Gasteiger partial charge is 0.359 e. The molecule has 0 aliphatic rings. The van der Waals surface area contributed by atoms with E-state index in [1.165, 1.54) is 12.8 Å². The summed E-state index contributed by atoms with van der Waals surface area (Å²) in [4.78, 5) is 0. The predicted octanol–water partition coefficient (Wildman–Crippen LogP) is 4.27. The zero-order valence-electron chi connectivity index (χ0n) is 16.2. The fourth-order valence-electron chi connectivity index (χ4n) is 2.49. The maximum atomic E-state index is 11.2. The molecular formula is C19H36O5S. The summed E-state index contributed by atoms with van der Waals surface area (Å²) in [6, 6.07) is 0. The molecule has 0 fully saturated rings.